The number of esters is 1. The van der Waals surface area contributed by atoms with Gasteiger partial charge in [0, 0.05) is 6.42 Å². The van der Waals surface area contributed by atoms with Gasteiger partial charge in [-0.25, -0.2) is 0 Å². The summed E-state index contributed by atoms with van der Waals surface area (Å²) in [6, 6.07) is 17.0. The Balaban J connectivity index is 1.56. The number of carbonyl (C=O) groups is 2. The molecule has 1 aliphatic rings. The number of nitrogens with one attached hydrogen (secondary N) is 1. The molecule has 0 heterocycles. The van der Waals surface area contributed by atoms with Crippen molar-refractivity contribution in [2.75, 3.05) is 13.7 Å². The summed E-state index contributed by atoms with van der Waals surface area (Å²) in [6.07, 6.45) is 6.17. The van der Waals surface area contributed by atoms with Crippen molar-refractivity contribution in [3.8, 4) is 5.75 Å². The van der Waals surface area contributed by atoms with E-state index in [9.17, 15) is 9.59 Å². The van der Waals surface area contributed by atoms with Crippen molar-refractivity contribution in [2.24, 2.45) is 5.92 Å². The van der Waals surface area contributed by atoms with Crippen molar-refractivity contribution in [3.05, 3.63) is 65.7 Å². The standard InChI is InChI=1S/C24H29NO4/c1-28-21-14-12-20(13-15-21)24(19-9-3-2-4-10-19)25-22(26)17-29-23(27)16-11-18-7-5-6-8-18/h2-4,9-10,12-15,18,24H,5-8,11,16-17H2,1H3,(H,25,26)/t24-/m0/s1. The van der Waals surface area contributed by atoms with Crippen LogP contribution in [0.2, 0.25) is 0 Å². The molecule has 0 bridgehead atoms. The lowest BCUT2D eigenvalue weighted by Crippen LogP contribution is -2.33. The van der Waals surface area contributed by atoms with Crippen molar-refractivity contribution in [1.82, 2.24) is 5.32 Å². The van der Waals surface area contributed by atoms with Crippen LogP contribution in [-0.2, 0) is 14.3 Å². The summed E-state index contributed by atoms with van der Waals surface area (Å²) in [7, 11) is 1.62. The van der Waals surface area contributed by atoms with Crippen LogP contribution in [0.15, 0.2) is 54.6 Å². The van der Waals surface area contributed by atoms with E-state index in [2.05, 4.69) is 5.32 Å². The highest BCUT2D eigenvalue weighted by Crippen LogP contribution is 2.28. The van der Waals surface area contributed by atoms with Gasteiger partial charge in [-0.05, 0) is 35.6 Å². The van der Waals surface area contributed by atoms with Gasteiger partial charge in [0.2, 0.25) is 0 Å². The zero-order valence-electron chi connectivity index (χ0n) is 16.9. The smallest absolute Gasteiger partial charge is 0.306 e. The van der Waals surface area contributed by atoms with Gasteiger partial charge in [0.1, 0.15) is 5.75 Å². The van der Waals surface area contributed by atoms with E-state index < -0.39 is 0 Å². The lowest BCUT2D eigenvalue weighted by atomic mass is 9.98. The molecule has 0 radical (unpaired) electrons. The fourth-order valence-electron chi connectivity index (χ4n) is 3.84. The number of hydrogen-bond acceptors (Lipinski definition) is 4. The topological polar surface area (TPSA) is 64.6 Å². The molecular weight excluding hydrogens is 366 g/mol. The van der Waals surface area contributed by atoms with E-state index >= 15 is 0 Å². The van der Waals surface area contributed by atoms with Crippen molar-refractivity contribution in [1.29, 1.82) is 0 Å². The number of benzene rings is 2. The van der Waals surface area contributed by atoms with Gasteiger partial charge in [-0.1, -0.05) is 68.1 Å². The molecule has 154 valence electrons. The van der Waals surface area contributed by atoms with Crippen LogP contribution in [-0.4, -0.2) is 25.6 Å². The molecule has 1 saturated carbocycles. The Kier molecular flexibility index (Phi) is 7.68. The van der Waals surface area contributed by atoms with Gasteiger partial charge < -0.3 is 14.8 Å². The lowest BCUT2D eigenvalue weighted by molar-refractivity contribution is -0.149. The first-order valence-corrected chi connectivity index (χ1v) is 10.3. The Morgan fingerprint density at radius 1 is 1.00 bits per heavy atom. The minimum absolute atomic E-state index is 0.261. The van der Waals surface area contributed by atoms with Crippen LogP contribution in [0.4, 0.5) is 0 Å². The van der Waals surface area contributed by atoms with Crippen LogP contribution < -0.4 is 10.1 Å². The van der Waals surface area contributed by atoms with Gasteiger partial charge in [-0.2, -0.15) is 0 Å². The molecular formula is C24H29NO4. The zero-order chi connectivity index (χ0) is 20.5. The van der Waals surface area contributed by atoms with Crippen molar-refractivity contribution in [3.63, 3.8) is 0 Å². The summed E-state index contributed by atoms with van der Waals surface area (Å²) in [6.45, 7) is -0.261. The summed E-state index contributed by atoms with van der Waals surface area (Å²) in [4.78, 5) is 24.5. The first-order chi connectivity index (χ1) is 14.2. The van der Waals surface area contributed by atoms with E-state index in [0.717, 1.165) is 23.3 Å². The number of ether oxygens (including phenoxy) is 2. The Hall–Kier alpha value is -2.82. The van der Waals surface area contributed by atoms with E-state index in [1.165, 1.54) is 25.7 Å². The number of amides is 1. The summed E-state index contributed by atoms with van der Waals surface area (Å²) in [5.41, 5.74) is 1.89. The second-order valence-electron chi connectivity index (χ2n) is 7.53. The molecule has 1 aliphatic carbocycles. The second-order valence-corrected chi connectivity index (χ2v) is 7.53. The molecule has 2 aromatic rings. The van der Waals surface area contributed by atoms with Gasteiger partial charge in [0.05, 0.1) is 13.2 Å². The first-order valence-electron chi connectivity index (χ1n) is 10.3. The Morgan fingerprint density at radius 3 is 2.31 bits per heavy atom. The molecule has 2 aromatic carbocycles. The first kappa shape index (κ1) is 20.9. The van der Waals surface area contributed by atoms with E-state index in [4.69, 9.17) is 9.47 Å². The van der Waals surface area contributed by atoms with Gasteiger partial charge in [-0.15, -0.1) is 0 Å². The molecule has 0 spiro atoms. The summed E-state index contributed by atoms with van der Waals surface area (Å²) < 4.78 is 10.4. The average Bonchev–Trinajstić information content (AvgIpc) is 3.29. The third kappa shape index (κ3) is 6.34. The minimum atomic E-state index is -0.327. The fourth-order valence-corrected chi connectivity index (χ4v) is 3.84. The summed E-state index contributed by atoms with van der Waals surface area (Å²) >= 11 is 0. The molecule has 1 N–H and O–H groups in total. The SMILES string of the molecule is COc1ccc([C@@H](NC(=O)COC(=O)CCC2CCCC2)c2ccccc2)cc1. The third-order valence-corrected chi connectivity index (χ3v) is 5.48. The van der Waals surface area contributed by atoms with Crippen LogP contribution in [0.1, 0.15) is 55.7 Å². The molecule has 0 saturated heterocycles. The highest BCUT2D eigenvalue weighted by Gasteiger charge is 2.19. The van der Waals surface area contributed by atoms with E-state index in [1.807, 2.05) is 54.6 Å². The van der Waals surface area contributed by atoms with Crippen LogP contribution in [0, 0.1) is 5.92 Å². The van der Waals surface area contributed by atoms with Gasteiger partial charge in [0.15, 0.2) is 6.61 Å². The van der Waals surface area contributed by atoms with Crippen LogP contribution in [0.25, 0.3) is 0 Å². The second kappa shape index (κ2) is 10.6. The lowest BCUT2D eigenvalue weighted by Gasteiger charge is -2.20. The van der Waals surface area contributed by atoms with Crippen LogP contribution in [0.3, 0.4) is 0 Å². The highest BCUT2D eigenvalue weighted by atomic mass is 16.5. The number of carbonyl (C=O) groups excluding carboxylic acids is 2. The average molecular weight is 395 g/mol. The number of rotatable bonds is 9. The Labute approximate surface area is 172 Å². The molecule has 5 heteroatoms. The molecule has 3 rings (SSSR count). The molecule has 0 unspecified atom stereocenters. The Bertz CT molecular complexity index is 782. The van der Waals surface area contributed by atoms with Gasteiger partial charge >= 0.3 is 5.97 Å². The third-order valence-electron chi connectivity index (χ3n) is 5.48. The van der Waals surface area contributed by atoms with E-state index in [0.29, 0.717) is 12.3 Å². The Morgan fingerprint density at radius 2 is 1.66 bits per heavy atom. The van der Waals surface area contributed by atoms with E-state index in [1.54, 1.807) is 7.11 Å². The molecule has 1 fully saturated rings. The number of methoxy groups -OCH3 is 1. The highest BCUT2D eigenvalue weighted by molar-refractivity contribution is 5.81. The predicted octanol–water partition coefficient (Wildman–Crippen LogP) is 4.41. The molecule has 1 amide bonds. The van der Waals surface area contributed by atoms with Crippen molar-refractivity contribution >= 4 is 11.9 Å². The fraction of sp³-hybridized carbons (Fsp3) is 0.417. The largest absolute Gasteiger partial charge is 0.497 e. The molecule has 1 atom stereocenters. The zero-order valence-corrected chi connectivity index (χ0v) is 16.9. The maximum absolute atomic E-state index is 12.5. The van der Waals surface area contributed by atoms with Gasteiger partial charge in [0.25, 0.3) is 5.91 Å². The molecule has 0 aromatic heterocycles. The van der Waals surface area contributed by atoms with Crippen LogP contribution in [0.5, 0.6) is 5.75 Å². The predicted molar refractivity (Wildman–Crippen MR) is 112 cm³/mol. The number of hydrogen-bond donors (Lipinski definition) is 1. The summed E-state index contributed by atoms with van der Waals surface area (Å²) in [5, 5.41) is 2.98. The van der Waals surface area contributed by atoms with Crippen molar-refractivity contribution < 1.29 is 19.1 Å². The van der Waals surface area contributed by atoms with Gasteiger partial charge in [-0.3, -0.25) is 9.59 Å². The van der Waals surface area contributed by atoms with Crippen LogP contribution >= 0.6 is 0 Å². The monoisotopic (exact) mass is 395 g/mol. The molecule has 0 aliphatic heterocycles. The normalized spacial score (nSPS) is 14.9. The quantitative estimate of drug-likeness (QED) is 0.639. The van der Waals surface area contributed by atoms with E-state index in [-0.39, 0.29) is 24.5 Å². The maximum Gasteiger partial charge on any atom is 0.306 e. The molecule has 29 heavy (non-hydrogen) atoms. The summed E-state index contributed by atoms with van der Waals surface area (Å²) in [5.74, 6) is 0.772. The van der Waals surface area contributed by atoms with Crippen molar-refractivity contribution in [2.45, 2.75) is 44.6 Å². The molecule has 5 nitrogen and oxygen atoms in total. The minimum Gasteiger partial charge on any atom is -0.497 e. The maximum atomic E-state index is 12.5.